The van der Waals surface area contributed by atoms with Gasteiger partial charge >= 0.3 is 11.9 Å². The Kier molecular flexibility index (Phi) is 4.57. The number of benzene rings is 1. The van der Waals surface area contributed by atoms with Crippen molar-refractivity contribution in [3.8, 4) is 0 Å². The monoisotopic (exact) mass is 291 g/mol. The lowest BCUT2D eigenvalue weighted by Gasteiger charge is -2.20. The predicted octanol–water partition coefficient (Wildman–Crippen LogP) is 1.37. The maximum absolute atomic E-state index is 12.0. The zero-order valence-electron chi connectivity index (χ0n) is 11.4. The van der Waals surface area contributed by atoms with E-state index in [0.717, 1.165) is 0 Å². The molecular weight excluding hydrogens is 274 g/mol. The summed E-state index contributed by atoms with van der Waals surface area (Å²) in [5, 5.41) is 20.8. The molecule has 0 saturated heterocycles. The summed E-state index contributed by atoms with van der Waals surface area (Å²) in [4.78, 5) is 34.4. The van der Waals surface area contributed by atoms with E-state index in [0.29, 0.717) is 18.4 Å². The molecule has 3 N–H and O–H groups in total. The lowest BCUT2D eigenvalue weighted by atomic mass is 9.96. The highest BCUT2D eigenvalue weighted by atomic mass is 16.4. The van der Waals surface area contributed by atoms with Crippen LogP contribution in [0, 0.1) is 11.8 Å². The van der Waals surface area contributed by atoms with Gasteiger partial charge in [-0.25, -0.2) is 4.79 Å². The highest BCUT2D eigenvalue weighted by Crippen LogP contribution is 2.33. The molecule has 1 fully saturated rings. The van der Waals surface area contributed by atoms with Crippen LogP contribution in [-0.2, 0) is 9.59 Å². The molecule has 0 aliphatic heterocycles. The second-order valence-corrected chi connectivity index (χ2v) is 5.26. The molecule has 0 bridgehead atoms. The molecule has 0 aromatic heterocycles. The molecule has 0 heterocycles. The smallest absolute Gasteiger partial charge is 0.326 e. The van der Waals surface area contributed by atoms with Crippen molar-refractivity contribution in [2.45, 2.75) is 25.3 Å². The van der Waals surface area contributed by atoms with E-state index >= 15 is 0 Å². The van der Waals surface area contributed by atoms with E-state index in [-0.39, 0.29) is 12.3 Å². The number of carboxylic acid groups (broad SMARTS) is 2. The van der Waals surface area contributed by atoms with Crippen molar-refractivity contribution in [3.63, 3.8) is 0 Å². The fraction of sp³-hybridized carbons (Fsp3) is 0.400. The third-order valence-electron chi connectivity index (χ3n) is 3.88. The molecule has 1 aliphatic carbocycles. The van der Waals surface area contributed by atoms with Gasteiger partial charge in [0.1, 0.15) is 6.04 Å². The first-order valence-electron chi connectivity index (χ1n) is 6.80. The van der Waals surface area contributed by atoms with Crippen molar-refractivity contribution in [2.24, 2.45) is 11.8 Å². The van der Waals surface area contributed by atoms with Gasteiger partial charge < -0.3 is 15.5 Å². The van der Waals surface area contributed by atoms with Gasteiger partial charge in [0.25, 0.3) is 5.91 Å². The molecule has 1 aromatic carbocycles. The first-order chi connectivity index (χ1) is 9.99. The summed E-state index contributed by atoms with van der Waals surface area (Å²) in [6.45, 7) is 0. The number of hydrogen-bond donors (Lipinski definition) is 3. The molecule has 6 nitrogen and oxygen atoms in total. The number of nitrogens with one attached hydrogen (secondary N) is 1. The molecule has 1 saturated carbocycles. The van der Waals surface area contributed by atoms with Crippen LogP contribution in [0.2, 0.25) is 0 Å². The number of aliphatic carboxylic acids is 2. The number of hydrogen-bond acceptors (Lipinski definition) is 3. The van der Waals surface area contributed by atoms with Gasteiger partial charge in [-0.05, 0) is 37.3 Å². The zero-order valence-corrected chi connectivity index (χ0v) is 11.4. The van der Waals surface area contributed by atoms with E-state index in [2.05, 4.69) is 5.32 Å². The van der Waals surface area contributed by atoms with Crippen molar-refractivity contribution in [1.82, 2.24) is 5.32 Å². The van der Waals surface area contributed by atoms with Crippen LogP contribution in [0.1, 0.15) is 29.6 Å². The van der Waals surface area contributed by atoms with Gasteiger partial charge in [0.2, 0.25) is 0 Å². The molecule has 0 spiro atoms. The summed E-state index contributed by atoms with van der Waals surface area (Å²) in [6.07, 6.45) is 1.22. The van der Waals surface area contributed by atoms with Crippen LogP contribution >= 0.6 is 0 Å². The molecule has 6 heteroatoms. The molecule has 0 radical (unpaired) electrons. The molecule has 3 atom stereocenters. The molecule has 112 valence electrons. The van der Waals surface area contributed by atoms with Crippen LogP contribution in [0.5, 0.6) is 0 Å². The van der Waals surface area contributed by atoms with Crippen LogP contribution in [0.15, 0.2) is 30.3 Å². The summed E-state index contributed by atoms with van der Waals surface area (Å²) < 4.78 is 0. The summed E-state index contributed by atoms with van der Waals surface area (Å²) >= 11 is 0. The van der Waals surface area contributed by atoms with Gasteiger partial charge in [-0.2, -0.15) is 0 Å². The zero-order chi connectivity index (χ0) is 15.4. The third kappa shape index (κ3) is 3.59. The van der Waals surface area contributed by atoms with E-state index in [1.807, 2.05) is 0 Å². The molecule has 21 heavy (non-hydrogen) atoms. The fourth-order valence-electron chi connectivity index (χ4n) is 2.74. The van der Waals surface area contributed by atoms with Crippen molar-refractivity contribution >= 4 is 17.8 Å². The minimum atomic E-state index is -1.13. The highest BCUT2D eigenvalue weighted by Gasteiger charge is 2.38. The Hall–Kier alpha value is -2.37. The maximum atomic E-state index is 12.0. The summed E-state index contributed by atoms with van der Waals surface area (Å²) in [5.74, 6) is -3.37. The summed E-state index contributed by atoms with van der Waals surface area (Å²) in [5.41, 5.74) is 0.386. The van der Waals surface area contributed by atoms with Gasteiger partial charge in [-0.15, -0.1) is 0 Å². The van der Waals surface area contributed by atoms with Crippen LogP contribution < -0.4 is 5.32 Å². The predicted molar refractivity (Wildman–Crippen MR) is 73.8 cm³/mol. The minimum absolute atomic E-state index is 0.279. The Morgan fingerprint density at radius 2 is 1.76 bits per heavy atom. The van der Waals surface area contributed by atoms with Crippen LogP contribution in [-0.4, -0.2) is 34.1 Å². The molecule has 0 unspecified atom stereocenters. The lowest BCUT2D eigenvalue weighted by Crippen LogP contribution is -2.45. The Bertz CT molecular complexity index is 542. The number of carbonyl (C=O) groups excluding carboxylic acids is 1. The first-order valence-corrected chi connectivity index (χ1v) is 6.80. The number of carboxylic acids is 2. The quantitative estimate of drug-likeness (QED) is 0.760. The summed E-state index contributed by atoms with van der Waals surface area (Å²) in [6, 6.07) is 7.30. The average Bonchev–Trinajstić information content (AvgIpc) is 2.94. The van der Waals surface area contributed by atoms with E-state index in [4.69, 9.17) is 5.11 Å². The molecular formula is C15H17NO5. The number of rotatable bonds is 5. The van der Waals surface area contributed by atoms with Crippen molar-refractivity contribution in [2.75, 3.05) is 0 Å². The van der Waals surface area contributed by atoms with Crippen LogP contribution in [0.25, 0.3) is 0 Å². The molecule has 1 aliphatic rings. The molecule has 1 aromatic rings. The standard InChI is InChI=1S/C15H17NO5/c17-13(9-4-2-1-3-5-9)16-12(15(20)21)10-6-7-11(8-10)14(18)19/h1-5,10-12H,6-8H2,(H,16,17)(H,18,19)(H,20,21)/t10-,11+,12+/m1/s1. The SMILES string of the molecule is O=C(N[C@H](C(=O)O)[C@@H]1CC[C@H](C(=O)O)C1)c1ccccc1. The van der Waals surface area contributed by atoms with Gasteiger partial charge in [0.05, 0.1) is 5.92 Å². The van der Waals surface area contributed by atoms with Crippen molar-refractivity contribution < 1.29 is 24.6 Å². The van der Waals surface area contributed by atoms with E-state index in [1.165, 1.54) is 0 Å². The summed E-state index contributed by atoms with van der Waals surface area (Å²) in [7, 11) is 0. The van der Waals surface area contributed by atoms with E-state index in [9.17, 15) is 19.5 Å². The van der Waals surface area contributed by atoms with Crippen LogP contribution in [0.3, 0.4) is 0 Å². The number of amides is 1. The van der Waals surface area contributed by atoms with E-state index in [1.54, 1.807) is 30.3 Å². The van der Waals surface area contributed by atoms with Crippen molar-refractivity contribution in [3.05, 3.63) is 35.9 Å². The number of carbonyl (C=O) groups is 3. The van der Waals surface area contributed by atoms with Gasteiger partial charge in [-0.3, -0.25) is 9.59 Å². The first kappa shape index (κ1) is 15.0. The highest BCUT2D eigenvalue weighted by molar-refractivity contribution is 5.96. The van der Waals surface area contributed by atoms with Gasteiger partial charge in [0.15, 0.2) is 0 Å². The van der Waals surface area contributed by atoms with Gasteiger partial charge in [0, 0.05) is 5.56 Å². The Morgan fingerprint density at radius 3 is 2.29 bits per heavy atom. The second-order valence-electron chi connectivity index (χ2n) is 5.26. The largest absolute Gasteiger partial charge is 0.481 e. The normalized spacial score (nSPS) is 22.5. The Labute approximate surface area is 121 Å². The Morgan fingerprint density at radius 1 is 1.10 bits per heavy atom. The fourth-order valence-corrected chi connectivity index (χ4v) is 2.74. The minimum Gasteiger partial charge on any atom is -0.481 e. The average molecular weight is 291 g/mol. The van der Waals surface area contributed by atoms with Gasteiger partial charge in [-0.1, -0.05) is 18.2 Å². The lowest BCUT2D eigenvalue weighted by molar-refractivity contribution is -0.143. The Balaban J connectivity index is 2.05. The van der Waals surface area contributed by atoms with E-state index < -0.39 is 29.8 Å². The molecule has 2 rings (SSSR count). The van der Waals surface area contributed by atoms with Crippen LogP contribution in [0.4, 0.5) is 0 Å². The van der Waals surface area contributed by atoms with Crippen molar-refractivity contribution in [1.29, 1.82) is 0 Å². The molecule has 1 amide bonds. The topological polar surface area (TPSA) is 104 Å². The maximum Gasteiger partial charge on any atom is 0.326 e. The third-order valence-corrected chi connectivity index (χ3v) is 3.88. The second kappa shape index (κ2) is 6.39.